The van der Waals surface area contributed by atoms with E-state index in [2.05, 4.69) is 10.6 Å². The molecule has 4 rings (SSSR count). The van der Waals surface area contributed by atoms with Crippen molar-refractivity contribution in [3.63, 3.8) is 0 Å². The Kier molecular flexibility index (Phi) is 13.8. The Hall–Kier alpha value is -6.73. The molecule has 3 aliphatic rings. The Bertz CT molecular complexity index is 1970. The minimum atomic E-state index is -0.799. The van der Waals surface area contributed by atoms with Crippen LogP contribution in [0.2, 0.25) is 0 Å². The van der Waals surface area contributed by atoms with E-state index in [1.165, 1.54) is 58.4 Å². The Labute approximate surface area is 307 Å². The number of unbranched alkanes of at least 4 members (excludes halogenated alkanes) is 1. The van der Waals surface area contributed by atoms with E-state index < -0.39 is 46.9 Å². The number of carbonyl (C=O) groups excluding carboxylic acids is 7. The third-order valence-corrected chi connectivity index (χ3v) is 8.39. The predicted molar refractivity (Wildman–Crippen MR) is 182 cm³/mol. The number of aromatic nitrogens is 1. The average molecular weight is 754 g/mol. The summed E-state index contributed by atoms with van der Waals surface area (Å²) < 4.78 is 0.993. The van der Waals surface area contributed by atoms with E-state index in [-0.39, 0.29) is 126 Å². The van der Waals surface area contributed by atoms with Crippen molar-refractivity contribution in [1.29, 1.82) is 0 Å². The van der Waals surface area contributed by atoms with E-state index in [0.29, 0.717) is 0 Å². The predicted octanol–water partition coefficient (Wildman–Crippen LogP) is -1.86. The number of pyridine rings is 1. The fraction of sp³-hybridized carbons (Fsp3) is 0.382. The van der Waals surface area contributed by atoms with Crippen LogP contribution >= 0.6 is 0 Å². The molecule has 0 unspecified atom stereocenters. The topological polar surface area (TPSA) is 262 Å². The van der Waals surface area contributed by atoms with Crippen LogP contribution in [0, 0.1) is 0 Å². The van der Waals surface area contributed by atoms with Gasteiger partial charge in [0, 0.05) is 63.6 Å². The summed E-state index contributed by atoms with van der Waals surface area (Å²) in [4.78, 5) is 102. The van der Waals surface area contributed by atoms with Crippen molar-refractivity contribution in [3.05, 3.63) is 70.7 Å². The highest BCUT2D eigenvalue weighted by molar-refractivity contribution is 6.43. The number of hydroxylamine groups is 3. The van der Waals surface area contributed by atoms with Gasteiger partial charge in [-0.05, 0) is 31.7 Å². The van der Waals surface area contributed by atoms with Crippen LogP contribution in [-0.4, -0.2) is 147 Å². The molecule has 1 aromatic heterocycles. The minimum Gasteiger partial charge on any atom is -0.425 e. The molecule has 0 spiro atoms. The summed E-state index contributed by atoms with van der Waals surface area (Å²) >= 11 is 0. The van der Waals surface area contributed by atoms with Gasteiger partial charge in [0.05, 0.1) is 33.5 Å². The third-order valence-electron chi connectivity index (χ3n) is 8.39. The van der Waals surface area contributed by atoms with Crippen LogP contribution in [0.15, 0.2) is 59.4 Å². The summed E-state index contributed by atoms with van der Waals surface area (Å²) in [5.41, 5.74) is -1.92. The number of hydrogen-bond donors (Lipinski definition) is 6. The number of hydrogen-bond acceptors (Lipinski definition) is 12. The van der Waals surface area contributed by atoms with Gasteiger partial charge in [-0.1, -0.05) is 24.3 Å². The molecule has 0 bridgehead atoms. The summed E-state index contributed by atoms with van der Waals surface area (Å²) in [6.07, 6.45) is 8.89. The molecule has 0 aliphatic carbocycles. The first-order chi connectivity index (χ1) is 25.8. The van der Waals surface area contributed by atoms with Crippen LogP contribution in [0.5, 0.6) is 0 Å². The van der Waals surface area contributed by atoms with Gasteiger partial charge in [-0.15, -0.1) is 4.73 Å². The first kappa shape index (κ1) is 40.0. The number of amides is 7. The highest BCUT2D eigenvalue weighted by Gasteiger charge is 2.36. The molecule has 20 heteroatoms. The highest BCUT2D eigenvalue weighted by atomic mass is 16.5. The lowest BCUT2D eigenvalue weighted by Gasteiger charge is -2.24. The molecule has 54 heavy (non-hydrogen) atoms. The van der Waals surface area contributed by atoms with Crippen LogP contribution in [-0.2, 0) is 28.8 Å². The Morgan fingerprint density at radius 3 is 1.50 bits per heavy atom. The number of nitrogens with zero attached hydrogens (tertiary/aromatic N) is 6. The van der Waals surface area contributed by atoms with E-state index in [1.54, 1.807) is 0 Å². The van der Waals surface area contributed by atoms with Gasteiger partial charge in [0.1, 0.15) is 5.69 Å². The lowest BCUT2D eigenvalue weighted by Crippen LogP contribution is -2.45. The van der Waals surface area contributed by atoms with Gasteiger partial charge in [0.15, 0.2) is 0 Å². The zero-order valence-corrected chi connectivity index (χ0v) is 29.1. The fourth-order valence-electron chi connectivity index (χ4n) is 5.52. The minimum absolute atomic E-state index is 0.0160. The van der Waals surface area contributed by atoms with Gasteiger partial charge in [-0.25, -0.2) is 14.4 Å². The first-order valence-corrected chi connectivity index (χ1v) is 17.0. The normalized spacial score (nSPS) is 15.5. The molecule has 6 N–H and O–H groups in total. The Morgan fingerprint density at radius 2 is 1.02 bits per heavy atom. The van der Waals surface area contributed by atoms with Crippen molar-refractivity contribution in [2.45, 2.75) is 44.9 Å². The first-order valence-electron chi connectivity index (χ1n) is 17.0. The lowest BCUT2D eigenvalue weighted by atomic mass is 10.1. The van der Waals surface area contributed by atoms with Crippen LogP contribution in [0.1, 0.15) is 55.4 Å². The Balaban J connectivity index is 1.39. The van der Waals surface area contributed by atoms with Crippen molar-refractivity contribution in [3.8, 4) is 0 Å². The molecule has 20 nitrogen and oxygen atoms in total. The molecule has 0 aromatic carbocycles. The molecule has 0 saturated heterocycles. The number of rotatable bonds is 17. The zero-order valence-electron chi connectivity index (χ0n) is 29.1. The summed E-state index contributed by atoms with van der Waals surface area (Å²) in [7, 11) is 0. The number of carbonyl (C=O) groups is 7. The average Bonchev–Trinajstić information content (AvgIpc) is 3.15. The lowest BCUT2D eigenvalue weighted by molar-refractivity contribution is -0.704. The molecular weight excluding hydrogens is 712 g/mol. The zero-order chi connectivity index (χ0) is 39.4. The van der Waals surface area contributed by atoms with Crippen molar-refractivity contribution in [2.75, 3.05) is 39.3 Å². The van der Waals surface area contributed by atoms with Crippen LogP contribution in [0.25, 0.3) is 0 Å². The van der Waals surface area contributed by atoms with Crippen LogP contribution in [0.4, 0.5) is 0 Å². The van der Waals surface area contributed by atoms with Crippen molar-refractivity contribution < 1.29 is 68.6 Å². The number of nitrogens with one attached hydrogen (secondary N) is 2. The second-order valence-electron chi connectivity index (χ2n) is 12.2. The highest BCUT2D eigenvalue weighted by Crippen LogP contribution is 2.09. The molecule has 0 saturated carbocycles. The maximum absolute atomic E-state index is 13.5. The van der Waals surface area contributed by atoms with Gasteiger partial charge in [-0.2, -0.15) is 0 Å². The quantitative estimate of drug-likeness (QED) is 0.0337. The largest absolute Gasteiger partial charge is 0.438 e. The maximum atomic E-state index is 13.5. The van der Waals surface area contributed by atoms with Crippen molar-refractivity contribution >= 4 is 58.5 Å². The van der Waals surface area contributed by atoms with E-state index in [0.717, 1.165) is 6.07 Å². The molecule has 0 atom stereocenters. The molecule has 286 valence electrons. The second-order valence-corrected chi connectivity index (χ2v) is 12.2. The summed E-state index contributed by atoms with van der Waals surface area (Å²) in [6, 6.07) is 3.62. The fourth-order valence-corrected chi connectivity index (χ4v) is 5.52. The molecule has 0 radical (unpaired) electrons. The van der Waals surface area contributed by atoms with Gasteiger partial charge in [-0.3, -0.25) is 39.6 Å². The summed E-state index contributed by atoms with van der Waals surface area (Å²) in [6.45, 7) is 0.268. The third kappa shape index (κ3) is 9.98. The van der Waals surface area contributed by atoms with Crippen molar-refractivity contribution in [2.24, 2.45) is 0 Å². The molecular formula is C34H41N8O12+3. The van der Waals surface area contributed by atoms with E-state index in [4.69, 9.17) is 0 Å². The van der Waals surface area contributed by atoms with Crippen LogP contribution < -0.4 is 16.2 Å². The monoisotopic (exact) mass is 753 g/mol. The standard InChI is InChI=1S/C34H39N8O12/c43-27-13-3-9-23(39(27)51)31(47)35-17-7-21-37(33(49)25-11-5-15-29(45)41(25)53)19-1-2-20-38(34(50)26-12-6-16-30(46)42(26)54)22-8-18-36-32(48)24-10-4-14-28(44)40(24)52/h3-6,9-13,51H,1-2,7-8,14-22H2,(H3-2,35,36,47,48,49,50,52,53,54)/q+1/p+2. The molecule has 4 heterocycles. The second kappa shape index (κ2) is 18.7. The summed E-state index contributed by atoms with van der Waals surface area (Å²) in [5.74, 6) is -4.92. The molecule has 3 aliphatic heterocycles. The Morgan fingerprint density at radius 1 is 0.611 bits per heavy atom. The van der Waals surface area contributed by atoms with Crippen molar-refractivity contribution in [1.82, 2.24) is 25.2 Å². The molecule has 1 aromatic rings. The summed E-state index contributed by atoms with van der Waals surface area (Å²) in [5, 5.41) is 45.4. The van der Waals surface area contributed by atoms with E-state index in [1.807, 2.05) is 0 Å². The van der Waals surface area contributed by atoms with Gasteiger partial charge in [0.2, 0.25) is 0 Å². The van der Waals surface area contributed by atoms with Gasteiger partial charge >= 0.3 is 52.6 Å². The van der Waals surface area contributed by atoms with E-state index >= 15 is 0 Å². The molecule has 7 amide bonds. The van der Waals surface area contributed by atoms with E-state index in [9.17, 15) is 59.2 Å². The van der Waals surface area contributed by atoms with Gasteiger partial charge in [0.25, 0.3) is 11.5 Å². The van der Waals surface area contributed by atoms with Gasteiger partial charge < -0.3 is 25.6 Å². The van der Waals surface area contributed by atoms with Crippen LogP contribution in [0.3, 0.4) is 0 Å². The smallest absolute Gasteiger partial charge is 0.425 e. The molecule has 0 fully saturated rings. The maximum Gasteiger partial charge on any atom is 0.438 e. The SMILES string of the molecule is O=C(NCCCN(CCCCN(CCCNC(=O)c1cccc(=O)n1O)C(=O)C1=[N+](O)C(=O)CC=C1)C(=O)C1=[N+](O)C(=O)CC=C1)C1=[N+](O)C(=O)CC=C1.